The topological polar surface area (TPSA) is 26.0 Å². The molecule has 0 aliphatic carbocycles. The predicted molar refractivity (Wildman–Crippen MR) is 56.1 cm³/mol. The van der Waals surface area contributed by atoms with Crippen molar-refractivity contribution in [2.24, 2.45) is 5.73 Å². The molecule has 1 nitrogen and oxygen atoms in total. The van der Waals surface area contributed by atoms with Crippen LogP contribution in [0, 0.1) is 0 Å². The summed E-state index contributed by atoms with van der Waals surface area (Å²) < 4.78 is 1.12. The van der Waals surface area contributed by atoms with Crippen LogP contribution < -0.4 is 5.73 Å². The highest BCUT2D eigenvalue weighted by Gasteiger charge is 2.10. The Kier molecular flexibility index (Phi) is 2.91. The third kappa shape index (κ3) is 3.37. The molecule has 0 radical (unpaired) electrons. The largest absolute Gasteiger partial charge is 0.325 e. The highest BCUT2D eigenvalue weighted by molar-refractivity contribution is 9.10. The molecule has 0 saturated carbocycles. The summed E-state index contributed by atoms with van der Waals surface area (Å²) in [6.45, 7) is 4.07. The zero-order valence-electron chi connectivity index (χ0n) is 7.47. The van der Waals surface area contributed by atoms with Gasteiger partial charge in [0.1, 0.15) is 0 Å². The van der Waals surface area contributed by atoms with Crippen molar-refractivity contribution in [2.75, 3.05) is 0 Å². The van der Waals surface area contributed by atoms with Crippen LogP contribution in [-0.4, -0.2) is 5.54 Å². The number of benzene rings is 1. The quantitative estimate of drug-likeness (QED) is 0.827. The van der Waals surface area contributed by atoms with E-state index < -0.39 is 0 Å². The summed E-state index contributed by atoms with van der Waals surface area (Å²) in [5, 5.41) is 0. The Bertz CT molecular complexity index is 263. The molecule has 2 heteroatoms. The van der Waals surface area contributed by atoms with Crippen molar-refractivity contribution in [1.82, 2.24) is 0 Å². The van der Waals surface area contributed by atoms with Crippen molar-refractivity contribution in [1.29, 1.82) is 0 Å². The lowest BCUT2D eigenvalue weighted by Crippen LogP contribution is -2.34. The van der Waals surface area contributed by atoms with Crippen molar-refractivity contribution >= 4 is 15.9 Å². The van der Waals surface area contributed by atoms with Gasteiger partial charge in [-0.25, -0.2) is 0 Å². The molecule has 0 heterocycles. The maximum atomic E-state index is 5.90. The molecule has 0 aliphatic heterocycles. The van der Waals surface area contributed by atoms with Gasteiger partial charge in [-0.05, 0) is 38.0 Å². The highest BCUT2D eigenvalue weighted by atomic mass is 79.9. The molecule has 0 fully saturated rings. The van der Waals surface area contributed by atoms with Gasteiger partial charge in [0.2, 0.25) is 0 Å². The molecular weight excluding hydrogens is 214 g/mol. The van der Waals surface area contributed by atoms with Gasteiger partial charge in [0.05, 0.1) is 0 Å². The maximum absolute atomic E-state index is 5.90. The van der Waals surface area contributed by atoms with Gasteiger partial charge in [-0.3, -0.25) is 0 Å². The van der Waals surface area contributed by atoms with E-state index in [4.69, 9.17) is 5.73 Å². The van der Waals surface area contributed by atoms with Crippen LogP contribution in [0.3, 0.4) is 0 Å². The molecule has 0 aliphatic rings. The van der Waals surface area contributed by atoms with Crippen LogP contribution in [0.5, 0.6) is 0 Å². The van der Waals surface area contributed by atoms with Crippen LogP contribution in [0.15, 0.2) is 28.7 Å². The molecule has 12 heavy (non-hydrogen) atoms. The fourth-order valence-electron chi connectivity index (χ4n) is 1.17. The van der Waals surface area contributed by atoms with Crippen molar-refractivity contribution in [2.45, 2.75) is 25.8 Å². The lowest BCUT2D eigenvalue weighted by molar-refractivity contribution is 0.516. The summed E-state index contributed by atoms with van der Waals surface area (Å²) >= 11 is 3.43. The first-order valence-corrected chi connectivity index (χ1v) is 4.80. The van der Waals surface area contributed by atoms with Crippen LogP contribution in [0.1, 0.15) is 19.4 Å². The second-order valence-corrected chi connectivity index (χ2v) is 4.71. The van der Waals surface area contributed by atoms with Gasteiger partial charge in [-0.15, -0.1) is 0 Å². The number of nitrogens with two attached hydrogens (primary N) is 1. The molecule has 1 aromatic carbocycles. The van der Waals surface area contributed by atoms with Crippen LogP contribution in [0.4, 0.5) is 0 Å². The second kappa shape index (κ2) is 3.58. The monoisotopic (exact) mass is 227 g/mol. The molecule has 0 bridgehead atoms. The summed E-state index contributed by atoms with van der Waals surface area (Å²) in [5.41, 5.74) is 7.05. The second-order valence-electron chi connectivity index (χ2n) is 3.80. The van der Waals surface area contributed by atoms with E-state index in [-0.39, 0.29) is 5.54 Å². The maximum Gasteiger partial charge on any atom is 0.0178 e. The first-order valence-electron chi connectivity index (χ1n) is 4.01. The standard InChI is InChI=1S/C10H14BrN/c1-10(2,12)7-8-4-3-5-9(11)6-8/h3-6H,7,12H2,1-2H3. The highest BCUT2D eigenvalue weighted by Crippen LogP contribution is 2.15. The Labute approximate surface area is 82.1 Å². The molecule has 1 aromatic rings. The number of halogens is 1. The summed E-state index contributed by atoms with van der Waals surface area (Å²) in [6, 6.07) is 8.26. The Morgan fingerprint density at radius 3 is 2.58 bits per heavy atom. The van der Waals surface area contributed by atoms with Gasteiger partial charge in [0, 0.05) is 10.0 Å². The minimum atomic E-state index is -0.124. The van der Waals surface area contributed by atoms with Gasteiger partial charge >= 0.3 is 0 Å². The van der Waals surface area contributed by atoms with E-state index in [1.54, 1.807) is 0 Å². The van der Waals surface area contributed by atoms with E-state index in [0.29, 0.717) is 0 Å². The molecular formula is C10H14BrN. The lowest BCUT2D eigenvalue weighted by Gasteiger charge is -2.18. The third-order valence-electron chi connectivity index (χ3n) is 1.55. The molecule has 0 spiro atoms. The fourth-order valence-corrected chi connectivity index (χ4v) is 1.62. The third-order valence-corrected chi connectivity index (χ3v) is 2.04. The van der Waals surface area contributed by atoms with Gasteiger partial charge in [-0.1, -0.05) is 28.1 Å². The van der Waals surface area contributed by atoms with Crippen molar-refractivity contribution in [3.05, 3.63) is 34.3 Å². The fraction of sp³-hybridized carbons (Fsp3) is 0.400. The van der Waals surface area contributed by atoms with Gasteiger partial charge in [0.15, 0.2) is 0 Å². The Morgan fingerprint density at radius 1 is 1.42 bits per heavy atom. The summed E-state index contributed by atoms with van der Waals surface area (Å²) in [5.74, 6) is 0. The van der Waals surface area contributed by atoms with Gasteiger partial charge in [-0.2, -0.15) is 0 Å². The molecule has 66 valence electrons. The van der Waals surface area contributed by atoms with Crippen LogP contribution in [-0.2, 0) is 6.42 Å². The number of hydrogen-bond acceptors (Lipinski definition) is 1. The van der Waals surface area contributed by atoms with Crippen molar-refractivity contribution in [3.8, 4) is 0 Å². The first kappa shape index (κ1) is 9.75. The van der Waals surface area contributed by atoms with Crippen LogP contribution in [0.2, 0.25) is 0 Å². The van der Waals surface area contributed by atoms with Gasteiger partial charge < -0.3 is 5.73 Å². The Morgan fingerprint density at radius 2 is 2.08 bits per heavy atom. The average Bonchev–Trinajstić information content (AvgIpc) is 1.82. The zero-order valence-corrected chi connectivity index (χ0v) is 9.06. The molecule has 0 amide bonds. The SMILES string of the molecule is CC(C)(N)Cc1cccc(Br)c1. The smallest absolute Gasteiger partial charge is 0.0178 e. The lowest BCUT2D eigenvalue weighted by atomic mass is 9.96. The molecule has 0 saturated heterocycles. The van der Waals surface area contributed by atoms with Crippen molar-refractivity contribution < 1.29 is 0 Å². The molecule has 1 rings (SSSR count). The normalized spacial score (nSPS) is 11.7. The van der Waals surface area contributed by atoms with E-state index in [1.165, 1.54) is 5.56 Å². The summed E-state index contributed by atoms with van der Waals surface area (Å²) in [4.78, 5) is 0. The van der Waals surface area contributed by atoms with Crippen LogP contribution >= 0.6 is 15.9 Å². The average molecular weight is 228 g/mol. The molecule has 0 aromatic heterocycles. The zero-order chi connectivity index (χ0) is 9.19. The Balaban J connectivity index is 2.77. The van der Waals surface area contributed by atoms with E-state index in [1.807, 2.05) is 26.0 Å². The van der Waals surface area contributed by atoms with Crippen LogP contribution in [0.25, 0.3) is 0 Å². The predicted octanol–water partition coefficient (Wildman–Crippen LogP) is 2.73. The van der Waals surface area contributed by atoms with Crippen molar-refractivity contribution in [3.63, 3.8) is 0 Å². The molecule has 0 unspecified atom stereocenters. The van der Waals surface area contributed by atoms with E-state index in [2.05, 4.69) is 28.1 Å². The van der Waals surface area contributed by atoms with E-state index >= 15 is 0 Å². The first-order chi connectivity index (χ1) is 5.47. The number of rotatable bonds is 2. The van der Waals surface area contributed by atoms with Gasteiger partial charge in [0.25, 0.3) is 0 Å². The Hall–Kier alpha value is -0.340. The van der Waals surface area contributed by atoms with E-state index in [0.717, 1.165) is 10.9 Å². The minimum Gasteiger partial charge on any atom is -0.325 e. The number of hydrogen-bond donors (Lipinski definition) is 1. The minimum absolute atomic E-state index is 0.124. The van der Waals surface area contributed by atoms with E-state index in [9.17, 15) is 0 Å². The molecule has 0 atom stereocenters. The summed E-state index contributed by atoms with van der Waals surface area (Å²) in [7, 11) is 0. The summed E-state index contributed by atoms with van der Waals surface area (Å²) in [6.07, 6.45) is 0.909. The molecule has 2 N–H and O–H groups in total.